The SMILES string of the molecule is COc1ccc(Cl)cc1N(CC(=O)Nc1ccc([N+](=O)[O-])cc1)S(=O)(=O)c1ccccc1. The van der Waals surface area contributed by atoms with Crippen molar-refractivity contribution < 1.29 is 22.9 Å². The average molecular weight is 476 g/mol. The molecule has 0 aromatic heterocycles. The van der Waals surface area contributed by atoms with E-state index in [2.05, 4.69) is 5.32 Å². The van der Waals surface area contributed by atoms with Gasteiger partial charge in [0.25, 0.3) is 15.7 Å². The molecular weight excluding hydrogens is 458 g/mol. The maximum Gasteiger partial charge on any atom is 0.269 e. The van der Waals surface area contributed by atoms with Crippen molar-refractivity contribution in [1.82, 2.24) is 0 Å². The molecule has 11 heteroatoms. The number of anilines is 2. The molecule has 0 radical (unpaired) electrons. The molecule has 3 aromatic rings. The van der Waals surface area contributed by atoms with Crippen molar-refractivity contribution in [3.8, 4) is 5.75 Å². The molecule has 0 saturated heterocycles. The van der Waals surface area contributed by atoms with Gasteiger partial charge in [-0.05, 0) is 42.5 Å². The number of halogens is 1. The van der Waals surface area contributed by atoms with E-state index in [1.54, 1.807) is 18.2 Å². The number of rotatable bonds is 8. The van der Waals surface area contributed by atoms with Gasteiger partial charge in [-0.2, -0.15) is 0 Å². The topological polar surface area (TPSA) is 119 Å². The molecule has 0 spiro atoms. The van der Waals surface area contributed by atoms with Crippen LogP contribution in [0.4, 0.5) is 17.1 Å². The van der Waals surface area contributed by atoms with Gasteiger partial charge in [-0.15, -0.1) is 0 Å². The molecule has 0 saturated carbocycles. The molecule has 3 aromatic carbocycles. The van der Waals surface area contributed by atoms with E-state index in [1.165, 1.54) is 61.7 Å². The summed E-state index contributed by atoms with van der Waals surface area (Å²) in [4.78, 5) is 23.0. The fraction of sp³-hybridized carbons (Fsp3) is 0.0952. The maximum atomic E-state index is 13.4. The Morgan fingerprint density at radius 1 is 1.09 bits per heavy atom. The minimum Gasteiger partial charge on any atom is -0.495 e. The Bertz CT molecular complexity index is 1230. The second kappa shape index (κ2) is 9.67. The summed E-state index contributed by atoms with van der Waals surface area (Å²) >= 11 is 6.09. The van der Waals surface area contributed by atoms with Gasteiger partial charge in [-0.3, -0.25) is 19.2 Å². The number of carbonyl (C=O) groups is 1. The molecule has 0 unspecified atom stereocenters. The molecule has 1 N–H and O–H groups in total. The van der Waals surface area contributed by atoms with Gasteiger partial charge in [0, 0.05) is 22.8 Å². The van der Waals surface area contributed by atoms with Crippen molar-refractivity contribution in [2.75, 3.05) is 23.3 Å². The summed E-state index contributed by atoms with van der Waals surface area (Å²) in [5.41, 5.74) is 0.221. The molecule has 0 aliphatic rings. The number of amides is 1. The Labute approximate surface area is 189 Å². The summed E-state index contributed by atoms with van der Waals surface area (Å²) in [5.74, 6) is -0.461. The number of nitro benzene ring substituents is 1. The van der Waals surface area contributed by atoms with E-state index in [1.807, 2.05) is 0 Å². The number of nitrogens with zero attached hydrogens (tertiary/aromatic N) is 2. The summed E-state index contributed by atoms with van der Waals surface area (Å²) in [6.45, 7) is -0.592. The molecule has 166 valence electrons. The van der Waals surface area contributed by atoms with Gasteiger partial charge in [0.15, 0.2) is 0 Å². The lowest BCUT2D eigenvalue weighted by Gasteiger charge is -2.25. The molecule has 9 nitrogen and oxygen atoms in total. The smallest absolute Gasteiger partial charge is 0.269 e. The van der Waals surface area contributed by atoms with Crippen LogP contribution < -0.4 is 14.4 Å². The molecule has 0 fully saturated rings. The zero-order valence-electron chi connectivity index (χ0n) is 16.8. The Morgan fingerprint density at radius 2 is 1.75 bits per heavy atom. The number of sulfonamides is 1. The number of benzene rings is 3. The van der Waals surface area contributed by atoms with Crippen molar-refractivity contribution in [1.29, 1.82) is 0 Å². The lowest BCUT2D eigenvalue weighted by molar-refractivity contribution is -0.384. The Hall–Kier alpha value is -3.63. The van der Waals surface area contributed by atoms with Crippen LogP contribution in [0.25, 0.3) is 0 Å². The van der Waals surface area contributed by atoms with E-state index in [9.17, 15) is 23.3 Å². The zero-order valence-corrected chi connectivity index (χ0v) is 18.3. The highest BCUT2D eigenvalue weighted by molar-refractivity contribution is 7.92. The number of nitrogens with one attached hydrogen (secondary N) is 1. The third kappa shape index (κ3) is 5.16. The monoisotopic (exact) mass is 475 g/mol. The highest BCUT2D eigenvalue weighted by atomic mass is 35.5. The maximum absolute atomic E-state index is 13.4. The molecule has 0 heterocycles. The molecule has 0 aliphatic carbocycles. The van der Waals surface area contributed by atoms with Gasteiger partial charge in [0.2, 0.25) is 5.91 Å². The first-order valence-electron chi connectivity index (χ1n) is 9.18. The van der Waals surface area contributed by atoms with Gasteiger partial charge in [0.05, 0.1) is 22.6 Å². The van der Waals surface area contributed by atoms with E-state index < -0.39 is 27.4 Å². The molecule has 32 heavy (non-hydrogen) atoms. The van der Waals surface area contributed by atoms with E-state index in [0.29, 0.717) is 0 Å². The predicted molar refractivity (Wildman–Crippen MR) is 121 cm³/mol. The Morgan fingerprint density at radius 3 is 2.34 bits per heavy atom. The molecule has 1 amide bonds. The van der Waals surface area contributed by atoms with Gasteiger partial charge in [-0.25, -0.2) is 8.42 Å². The summed E-state index contributed by atoms with van der Waals surface area (Å²) < 4.78 is 33.0. The third-order valence-corrected chi connectivity index (χ3v) is 6.40. The minimum atomic E-state index is -4.16. The number of nitro groups is 1. The number of carbonyl (C=O) groups excluding carboxylic acids is 1. The van der Waals surface area contributed by atoms with Crippen molar-refractivity contribution in [2.24, 2.45) is 0 Å². The second-order valence-corrected chi connectivity index (χ2v) is 8.79. The summed E-state index contributed by atoms with van der Waals surface area (Å²) in [5, 5.41) is 13.6. The minimum absolute atomic E-state index is 0.0230. The lowest BCUT2D eigenvalue weighted by Crippen LogP contribution is -2.38. The number of methoxy groups -OCH3 is 1. The zero-order chi connectivity index (χ0) is 23.3. The summed E-state index contributed by atoms with van der Waals surface area (Å²) in [6, 6.07) is 17.2. The van der Waals surface area contributed by atoms with Crippen molar-refractivity contribution in [3.63, 3.8) is 0 Å². The van der Waals surface area contributed by atoms with Crippen molar-refractivity contribution in [2.45, 2.75) is 4.90 Å². The lowest BCUT2D eigenvalue weighted by atomic mass is 10.2. The Kier molecular flexibility index (Phi) is 6.96. The van der Waals surface area contributed by atoms with Crippen LogP contribution in [0.2, 0.25) is 5.02 Å². The molecule has 0 aliphatic heterocycles. The van der Waals surface area contributed by atoms with Crippen molar-refractivity contribution in [3.05, 3.63) is 87.9 Å². The number of ether oxygens (including phenoxy) is 1. The standard InChI is InChI=1S/C21H18ClN3O6S/c1-31-20-12-7-15(22)13-19(20)24(32(29,30)18-5-3-2-4-6-18)14-21(26)23-16-8-10-17(11-9-16)25(27)28/h2-13H,14H2,1H3,(H,23,26). The summed E-state index contributed by atoms with van der Waals surface area (Å²) in [7, 11) is -2.79. The van der Waals surface area contributed by atoms with Gasteiger partial charge >= 0.3 is 0 Å². The Balaban J connectivity index is 1.97. The molecule has 0 bridgehead atoms. The van der Waals surface area contributed by atoms with Gasteiger partial charge in [-0.1, -0.05) is 29.8 Å². The number of non-ortho nitro benzene ring substituents is 1. The number of hydrogen-bond donors (Lipinski definition) is 1. The first kappa shape index (κ1) is 23.0. The quantitative estimate of drug-likeness (QED) is 0.387. The van der Waals surface area contributed by atoms with Crippen LogP contribution in [0, 0.1) is 10.1 Å². The first-order chi connectivity index (χ1) is 15.2. The number of hydrogen-bond acceptors (Lipinski definition) is 6. The molecular formula is C21H18ClN3O6S. The van der Waals surface area contributed by atoms with Crippen LogP contribution in [0.1, 0.15) is 0 Å². The third-order valence-electron chi connectivity index (χ3n) is 4.39. The van der Waals surface area contributed by atoms with Crippen LogP contribution in [0.15, 0.2) is 77.7 Å². The van der Waals surface area contributed by atoms with E-state index in [0.717, 1.165) is 4.31 Å². The van der Waals surface area contributed by atoms with Crippen LogP contribution in [0.3, 0.4) is 0 Å². The van der Waals surface area contributed by atoms with Gasteiger partial charge < -0.3 is 10.1 Å². The fourth-order valence-electron chi connectivity index (χ4n) is 2.87. The second-order valence-electron chi connectivity index (χ2n) is 6.49. The first-order valence-corrected chi connectivity index (χ1v) is 11.0. The van der Waals surface area contributed by atoms with Gasteiger partial charge in [0.1, 0.15) is 12.3 Å². The fourth-order valence-corrected chi connectivity index (χ4v) is 4.49. The van der Waals surface area contributed by atoms with Crippen LogP contribution in [-0.4, -0.2) is 32.9 Å². The van der Waals surface area contributed by atoms with Crippen LogP contribution in [-0.2, 0) is 14.8 Å². The van der Waals surface area contributed by atoms with Crippen molar-refractivity contribution >= 4 is 44.6 Å². The normalized spacial score (nSPS) is 10.9. The highest BCUT2D eigenvalue weighted by Gasteiger charge is 2.29. The summed E-state index contributed by atoms with van der Waals surface area (Å²) in [6.07, 6.45) is 0. The van der Waals surface area contributed by atoms with E-state index in [-0.39, 0.29) is 32.7 Å². The average Bonchev–Trinajstić information content (AvgIpc) is 2.78. The molecule has 0 atom stereocenters. The predicted octanol–water partition coefficient (Wildman–Crippen LogP) is 4.09. The van der Waals surface area contributed by atoms with E-state index >= 15 is 0 Å². The molecule has 3 rings (SSSR count). The van der Waals surface area contributed by atoms with Crippen LogP contribution >= 0.6 is 11.6 Å². The van der Waals surface area contributed by atoms with E-state index in [4.69, 9.17) is 16.3 Å². The highest BCUT2D eigenvalue weighted by Crippen LogP contribution is 2.34. The largest absolute Gasteiger partial charge is 0.495 e. The van der Waals surface area contributed by atoms with Crippen LogP contribution in [0.5, 0.6) is 5.75 Å².